The van der Waals surface area contributed by atoms with E-state index in [1.54, 1.807) is 30.6 Å². The second-order valence-electron chi connectivity index (χ2n) is 9.28. The molecular weight excluding hydrogens is 640 g/mol. The number of fused-ring (bicyclic) bond motifs is 1. The SMILES string of the molecule is CCOc1cc2c(Oc3ccc(NC(=O)c4nn(C(C)C)cc(-c5ccc(F)cc5)c4=O)nc3)ccnc2cc1I. The lowest BCUT2D eigenvalue weighted by Crippen LogP contribution is -2.28. The van der Waals surface area contributed by atoms with Crippen molar-refractivity contribution in [2.24, 2.45) is 0 Å². The standard InChI is InChI=1S/C30H25FIN5O4/c1-4-40-26-13-21-24(14-23(26)32)33-12-11-25(21)41-20-9-10-27(34-15-20)35-30(39)28-29(38)22(16-37(36-28)17(2)3)18-5-7-19(31)8-6-18/h5-17H,4H2,1-3H3,(H,34,35,39). The molecule has 1 amide bonds. The van der Waals surface area contributed by atoms with Crippen molar-refractivity contribution in [3.8, 4) is 28.4 Å². The van der Waals surface area contributed by atoms with Gasteiger partial charge in [0.15, 0.2) is 5.69 Å². The van der Waals surface area contributed by atoms with Crippen molar-refractivity contribution in [2.75, 3.05) is 11.9 Å². The highest BCUT2D eigenvalue weighted by Gasteiger charge is 2.20. The smallest absolute Gasteiger partial charge is 0.281 e. The fourth-order valence-corrected chi connectivity index (χ4v) is 4.66. The second-order valence-corrected chi connectivity index (χ2v) is 10.4. The van der Waals surface area contributed by atoms with E-state index in [0.717, 1.165) is 20.2 Å². The third-order valence-corrected chi connectivity index (χ3v) is 6.94. The minimum absolute atomic E-state index is 0.131. The number of anilines is 1. The van der Waals surface area contributed by atoms with Crippen molar-refractivity contribution < 1.29 is 18.7 Å². The van der Waals surface area contributed by atoms with E-state index in [0.29, 0.717) is 23.7 Å². The van der Waals surface area contributed by atoms with Gasteiger partial charge < -0.3 is 14.8 Å². The van der Waals surface area contributed by atoms with Crippen molar-refractivity contribution in [2.45, 2.75) is 26.8 Å². The lowest BCUT2D eigenvalue weighted by Gasteiger charge is -2.14. The number of aromatic nitrogens is 4. The van der Waals surface area contributed by atoms with Crippen LogP contribution in [0.1, 0.15) is 37.3 Å². The summed E-state index contributed by atoms with van der Waals surface area (Å²) in [7, 11) is 0. The number of amides is 1. The van der Waals surface area contributed by atoms with Crippen LogP contribution in [-0.4, -0.2) is 32.3 Å². The first-order chi connectivity index (χ1) is 19.7. The number of benzene rings is 2. The number of carbonyl (C=O) groups is 1. The third kappa shape index (κ3) is 6.19. The van der Waals surface area contributed by atoms with Crippen LogP contribution in [0.15, 0.2) is 78.0 Å². The van der Waals surface area contributed by atoms with E-state index in [9.17, 15) is 14.0 Å². The van der Waals surface area contributed by atoms with Gasteiger partial charge in [-0.15, -0.1) is 0 Å². The predicted octanol–water partition coefficient (Wildman–Crippen LogP) is 6.62. The average Bonchev–Trinajstić information content (AvgIpc) is 2.95. The number of hydrogen-bond donors (Lipinski definition) is 1. The maximum atomic E-state index is 13.5. The van der Waals surface area contributed by atoms with Crippen LogP contribution in [0, 0.1) is 9.39 Å². The van der Waals surface area contributed by atoms with Gasteiger partial charge in [0.25, 0.3) is 5.91 Å². The Kier molecular flexibility index (Phi) is 8.24. The quantitative estimate of drug-likeness (QED) is 0.186. The molecule has 11 heteroatoms. The van der Waals surface area contributed by atoms with Crippen LogP contribution in [-0.2, 0) is 0 Å². The van der Waals surface area contributed by atoms with Gasteiger partial charge in [0, 0.05) is 29.4 Å². The van der Waals surface area contributed by atoms with Gasteiger partial charge in [0.2, 0.25) is 5.43 Å². The Balaban J connectivity index is 1.39. The molecule has 3 aromatic heterocycles. The third-order valence-electron chi connectivity index (χ3n) is 6.10. The molecule has 0 aliphatic heterocycles. The summed E-state index contributed by atoms with van der Waals surface area (Å²) in [6.07, 6.45) is 4.68. The summed E-state index contributed by atoms with van der Waals surface area (Å²) in [4.78, 5) is 35.1. The van der Waals surface area contributed by atoms with Gasteiger partial charge in [0.05, 0.1) is 21.9 Å². The first-order valence-electron chi connectivity index (χ1n) is 12.8. The number of rotatable bonds is 8. The first kappa shape index (κ1) is 28.1. The van der Waals surface area contributed by atoms with Gasteiger partial charge in [0.1, 0.15) is 28.9 Å². The lowest BCUT2D eigenvalue weighted by molar-refractivity contribution is 0.101. The lowest BCUT2D eigenvalue weighted by atomic mass is 10.1. The van der Waals surface area contributed by atoms with Crippen molar-refractivity contribution in [3.05, 3.63) is 98.5 Å². The highest BCUT2D eigenvalue weighted by Crippen LogP contribution is 2.34. The van der Waals surface area contributed by atoms with E-state index in [-0.39, 0.29) is 23.1 Å². The Morgan fingerprint density at radius 3 is 2.54 bits per heavy atom. The molecule has 9 nitrogen and oxygen atoms in total. The van der Waals surface area contributed by atoms with Crippen LogP contribution in [0.4, 0.5) is 10.2 Å². The molecule has 0 atom stereocenters. The fourth-order valence-electron chi connectivity index (χ4n) is 4.05. The van der Waals surface area contributed by atoms with Gasteiger partial charge in [-0.3, -0.25) is 19.3 Å². The number of ether oxygens (including phenoxy) is 2. The number of halogens is 2. The monoisotopic (exact) mass is 665 g/mol. The summed E-state index contributed by atoms with van der Waals surface area (Å²) < 4.78 is 27.7. The molecule has 5 rings (SSSR count). The minimum Gasteiger partial charge on any atom is -0.493 e. The van der Waals surface area contributed by atoms with Crippen LogP contribution in [0.3, 0.4) is 0 Å². The highest BCUT2D eigenvalue weighted by atomic mass is 127. The van der Waals surface area contributed by atoms with Crippen LogP contribution >= 0.6 is 22.6 Å². The van der Waals surface area contributed by atoms with Crippen LogP contribution in [0.5, 0.6) is 17.2 Å². The van der Waals surface area contributed by atoms with Gasteiger partial charge in [-0.05, 0) is 91.4 Å². The van der Waals surface area contributed by atoms with E-state index in [1.807, 2.05) is 32.9 Å². The molecule has 5 aromatic rings. The summed E-state index contributed by atoms with van der Waals surface area (Å²) in [6, 6.07) is 14.2. The normalized spacial score (nSPS) is 11.1. The Morgan fingerprint density at radius 1 is 1.07 bits per heavy atom. The molecule has 1 N–H and O–H groups in total. The Morgan fingerprint density at radius 2 is 1.85 bits per heavy atom. The molecule has 41 heavy (non-hydrogen) atoms. The summed E-state index contributed by atoms with van der Waals surface area (Å²) in [5, 5.41) is 7.66. The summed E-state index contributed by atoms with van der Waals surface area (Å²) >= 11 is 2.21. The Bertz CT molecular complexity index is 1790. The maximum absolute atomic E-state index is 13.5. The van der Waals surface area contributed by atoms with E-state index in [1.165, 1.54) is 35.1 Å². The van der Waals surface area contributed by atoms with Crippen molar-refractivity contribution in [3.63, 3.8) is 0 Å². The highest BCUT2D eigenvalue weighted by molar-refractivity contribution is 14.1. The Hall–Kier alpha value is -4.39. The largest absolute Gasteiger partial charge is 0.493 e. The van der Waals surface area contributed by atoms with Gasteiger partial charge in [-0.25, -0.2) is 9.37 Å². The molecule has 0 aliphatic rings. The molecule has 0 saturated heterocycles. The molecule has 3 heterocycles. The molecule has 2 aromatic carbocycles. The number of hydrogen-bond acceptors (Lipinski definition) is 7. The molecule has 208 valence electrons. The number of pyridine rings is 2. The second kappa shape index (κ2) is 12.0. The molecule has 0 bridgehead atoms. The molecule has 0 spiro atoms. The Labute approximate surface area is 248 Å². The van der Waals surface area contributed by atoms with Crippen molar-refractivity contribution >= 4 is 45.2 Å². The number of nitrogens with one attached hydrogen (secondary N) is 1. The summed E-state index contributed by atoms with van der Waals surface area (Å²) in [5.74, 6) is 0.814. The van der Waals surface area contributed by atoms with Crippen LogP contribution < -0.4 is 20.2 Å². The van der Waals surface area contributed by atoms with Crippen LogP contribution in [0.25, 0.3) is 22.0 Å². The zero-order chi connectivity index (χ0) is 29.1. The molecule has 0 aliphatic carbocycles. The van der Waals surface area contributed by atoms with Crippen molar-refractivity contribution in [1.29, 1.82) is 0 Å². The van der Waals surface area contributed by atoms with E-state index < -0.39 is 17.2 Å². The number of nitrogens with zero attached hydrogens (tertiary/aromatic N) is 4. The molecule has 0 saturated carbocycles. The summed E-state index contributed by atoms with van der Waals surface area (Å²) in [6.45, 7) is 6.20. The molecule has 0 fully saturated rings. The first-order valence-corrected chi connectivity index (χ1v) is 13.9. The van der Waals surface area contributed by atoms with Crippen molar-refractivity contribution in [1.82, 2.24) is 19.7 Å². The van der Waals surface area contributed by atoms with E-state index in [2.05, 4.69) is 43.0 Å². The van der Waals surface area contributed by atoms with E-state index in [4.69, 9.17) is 9.47 Å². The van der Waals surface area contributed by atoms with Crippen LogP contribution in [0.2, 0.25) is 0 Å². The maximum Gasteiger partial charge on any atom is 0.281 e. The zero-order valence-electron chi connectivity index (χ0n) is 22.4. The predicted molar refractivity (Wildman–Crippen MR) is 162 cm³/mol. The van der Waals surface area contributed by atoms with E-state index >= 15 is 0 Å². The van der Waals surface area contributed by atoms with Gasteiger partial charge >= 0.3 is 0 Å². The molecule has 0 unspecified atom stereocenters. The topological polar surface area (TPSA) is 108 Å². The van der Waals surface area contributed by atoms with Gasteiger partial charge in [-0.2, -0.15) is 5.10 Å². The number of carbonyl (C=O) groups excluding carboxylic acids is 1. The average molecular weight is 665 g/mol. The summed E-state index contributed by atoms with van der Waals surface area (Å²) in [5.41, 5.74) is 0.604. The molecule has 0 radical (unpaired) electrons. The van der Waals surface area contributed by atoms with Gasteiger partial charge in [-0.1, -0.05) is 12.1 Å². The fraction of sp³-hybridized carbons (Fsp3) is 0.167. The molecular formula is C30H25FIN5O4. The zero-order valence-corrected chi connectivity index (χ0v) is 24.5. The minimum atomic E-state index is -0.715.